The first-order valence-electron chi connectivity index (χ1n) is 10.8. The highest BCUT2D eigenvalue weighted by molar-refractivity contribution is 5.94. The summed E-state index contributed by atoms with van der Waals surface area (Å²) >= 11 is 0. The summed E-state index contributed by atoms with van der Waals surface area (Å²) < 4.78 is 10.2. The molecular weight excluding hydrogens is 398 g/mol. The zero-order valence-corrected chi connectivity index (χ0v) is 19.0. The van der Waals surface area contributed by atoms with E-state index in [9.17, 15) is 14.4 Å². The Morgan fingerprint density at radius 2 is 1.87 bits per heavy atom. The minimum absolute atomic E-state index is 0.0342. The van der Waals surface area contributed by atoms with Crippen molar-refractivity contribution in [2.75, 3.05) is 40.5 Å². The summed E-state index contributed by atoms with van der Waals surface area (Å²) in [5.74, 6) is 0.430. The summed E-state index contributed by atoms with van der Waals surface area (Å²) in [5.41, 5.74) is 0.580. The molecule has 8 heteroatoms. The van der Waals surface area contributed by atoms with Crippen LogP contribution in [0.15, 0.2) is 24.3 Å². The lowest BCUT2D eigenvalue weighted by Gasteiger charge is -2.36. The van der Waals surface area contributed by atoms with E-state index in [1.54, 1.807) is 43.4 Å². The zero-order chi connectivity index (χ0) is 22.8. The number of rotatable bonds is 10. The van der Waals surface area contributed by atoms with Crippen molar-refractivity contribution < 1.29 is 23.9 Å². The Balaban J connectivity index is 2.01. The molecule has 1 saturated heterocycles. The van der Waals surface area contributed by atoms with E-state index < -0.39 is 6.04 Å². The van der Waals surface area contributed by atoms with Gasteiger partial charge in [-0.05, 0) is 42.9 Å². The van der Waals surface area contributed by atoms with E-state index >= 15 is 0 Å². The van der Waals surface area contributed by atoms with E-state index in [0.717, 1.165) is 0 Å². The molecule has 0 bridgehead atoms. The molecule has 1 aliphatic heterocycles. The van der Waals surface area contributed by atoms with Crippen LogP contribution >= 0.6 is 0 Å². The van der Waals surface area contributed by atoms with Crippen molar-refractivity contribution in [2.45, 2.75) is 39.2 Å². The van der Waals surface area contributed by atoms with Crippen molar-refractivity contribution in [1.29, 1.82) is 0 Å². The lowest BCUT2D eigenvalue weighted by Crippen LogP contribution is -2.54. The van der Waals surface area contributed by atoms with E-state index in [0.29, 0.717) is 56.8 Å². The van der Waals surface area contributed by atoms with Crippen LogP contribution in [-0.4, -0.2) is 69.1 Å². The fraction of sp³-hybridized carbons (Fsp3) is 0.609. The second-order valence-electron chi connectivity index (χ2n) is 8.29. The number of nitrogens with zero attached hydrogens (tertiary/aromatic N) is 1. The summed E-state index contributed by atoms with van der Waals surface area (Å²) in [6, 6.07) is 6.48. The molecule has 0 radical (unpaired) electrons. The van der Waals surface area contributed by atoms with E-state index in [2.05, 4.69) is 10.6 Å². The number of amides is 3. The van der Waals surface area contributed by atoms with E-state index in [1.165, 1.54) is 0 Å². The van der Waals surface area contributed by atoms with Gasteiger partial charge >= 0.3 is 0 Å². The molecular formula is C23H35N3O5. The molecule has 1 atom stereocenters. The van der Waals surface area contributed by atoms with Crippen LogP contribution < -0.4 is 15.4 Å². The largest absolute Gasteiger partial charge is 0.497 e. The predicted molar refractivity (Wildman–Crippen MR) is 118 cm³/mol. The molecule has 0 unspecified atom stereocenters. The van der Waals surface area contributed by atoms with Crippen LogP contribution in [0, 0.1) is 11.8 Å². The maximum absolute atomic E-state index is 12.9. The molecule has 8 nitrogen and oxygen atoms in total. The molecule has 1 aromatic rings. The van der Waals surface area contributed by atoms with Gasteiger partial charge in [0.1, 0.15) is 11.8 Å². The van der Waals surface area contributed by atoms with Gasteiger partial charge in [-0.2, -0.15) is 0 Å². The summed E-state index contributed by atoms with van der Waals surface area (Å²) in [7, 11) is 3.14. The number of nitrogens with one attached hydrogen (secondary N) is 2. The van der Waals surface area contributed by atoms with Crippen LogP contribution in [0.2, 0.25) is 0 Å². The van der Waals surface area contributed by atoms with Crippen molar-refractivity contribution in [3.8, 4) is 5.75 Å². The van der Waals surface area contributed by atoms with Gasteiger partial charge in [0, 0.05) is 38.7 Å². The number of ether oxygens (including phenoxy) is 2. The van der Waals surface area contributed by atoms with Gasteiger partial charge in [-0.15, -0.1) is 0 Å². The third kappa shape index (κ3) is 7.54. The van der Waals surface area contributed by atoms with E-state index in [1.807, 2.05) is 13.8 Å². The van der Waals surface area contributed by atoms with Crippen molar-refractivity contribution in [3.63, 3.8) is 0 Å². The van der Waals surface area contributed by atoms with Gasteiger partial charge in [-0.25, -0.2) is 0 Å². The minimum atomic E-state index is -0.614. The van der Waals surface area contributed by atoms with Crippen LogP contribution in [0.1, 0.15) is 43.5 Å². The molecule has 1 fully saturated rings. The number of piperidine rings is 1. The number of carbonyl (C=O) groups is 3. The Bertz CT molecular complexity index is 744. The Kier molecular flexibility index (Phi) is 9.78. The summed E-state index contributed by atoms with van der Waals surface area (Å²) in [6.45, 7) is 5.79. The molecule has 2 N–H and O–H groups in total. The molecule has 172 valence electrons. The molecule has 1 aliphatic rings. The minimum Gasteiger partial charge on any atom is -0.497 e. The molecule has 0 spiro atoms. The van der Waals surface area contributed by atoms with Crippen molar-refractivity contribution in [2.24, 2.45) is 11.8 Å². The van der Waals surface area contributed by atoms with Crippen LogP contribution in [-0.2, 0) is 14.3 Å². The van der Waals surface area contributed by atoms with Gasteiger partial charge in [-0.1, -0.05) is 19.9 Å². The third-order valence-electron chi connectivity index (χ3n) is 5.41. The molecule has 31 heavy (non-hydrogen) atoms. The van der Waals surface area contributed by atoms with Crippen molar-refractivity contribution in [1.82, 2.24) is 15.5 Å². The maximum Gasteiger partial charge on any atom is 0.253 e. The molecule has 0 saturated carbocycles. The van der Waals surface area contributed by atoms with Crippen LogP contribution in [0.5, 0.6) is 5.75 Å². The Morgan fingerprint density at radius 3 is 2.48 bits per heavy atom. The number of hydrogen-bond acceptors (Lipinski definition) is 5. The molecule has 1 heterocycles. The second kappa shape index (κ2) is 12.3. The first-order valence-corrected chi connectivity index (χ1v) is 10.8. The van der Waals surface area contributed by atoms with Crippen LogP contribution in [0.4, 0.5) is 0 Å². The van der Waals surface area contributed by atoms with E-state index in [4.69, 9.17) is 9.47 Å². The number of benzene rings is 1. The maximum atomic E-state index is 12.9. The predicted octanol–water partition coefficient (Wildman–Crippen LogP) is 1.84. The molecule has 1 aromatic carbocycles. The van der Waals surface area contributed by atoms with Crippen molar-refractivity contribution in [3.05, 3.63) is 29.8 Å². The summed E-state index contributed by atoms with van der Waals surface area (Å²) in [5, 5.41) is 5.76. The fourth-order valence-electron chi connectivity index (χ4n) is 3.76. The van der Waals surface area contributed by atoms with Crippen LogP contribution in [0.25, 0.3) is 0 Å². The lowest BCUT2D eigenvalue weighted by atomic mass is 9.88. The van der Waals surface area contributed by atoms with Crippen molar-refractivity contribution >= 4 is 17.7 Å². The fourth-order valence-corrected chi connectivity index (χ4v) is 3.76. The third-order valence-corrected chi connectivity index (χ3v) is 5.41. The molecule has 3 amide bonds. The molecule has 0 aliphatic carbocycles. The highest BCUT2D eigenvalue weighted by Gasteiger charge is 2.34. The van der Waals surface area contributed by atoms with Gasteiger partial charge in [0.15, 0.2) is 0 Å². The second-order valence-corrected chi connectivity index (χ2v) is 8.29. The standard InChI is InChI=1S/C23H35N3O5/c1-16(2)14-20(27)25-21(22(28)24-10-13-30-3)17-8-11-26(12-9-17)23(29)18-6-5-7-19(15-18)31-4/h5-7,15-17,21H,8-14H2,1-4H3,(H,24,28)(H,25,27)/t21-/m1/s1. The summed E-state index contributed by atoms with van der Waals surface area (Å²) in [4.78, 5) is 39.8. The number of methoxy groups -OCH3 is 2. The number of likely N-dealkylation sites (tertiary alicyclic amines) is 1. The lowest BCUT2D eigenvalue weighted by molar-refractivity contribution is -0.131. The average molecular weight is 434 g/mol. The Morgan fingerprint density at radius 1 is 1.16 bits per heavy atom. The quantitative estimate of drug-likeness (QED) is 0.549. The molecule has 0 aromatic heterocycles. The average Bonchev–Trinajstić information content (AvgIpc) is 2.76. The zero-order valence-electron chi connectivity index (χ0n) is 19.0. The SMILES string of the molecule is COCCNC(=O)[C@H](NC(=O)CC(C)C)C1CCN(C(=O)c2cccc(OC)c2)CC1. The van der Waals surface area contributed by atoms with Crippen LogP contribution in [0.3, 0.4) is 0 Å². The van der Waals surface area contributed by atoms with E-state index in [-0.39, 0.29) is 29.6 Å². The smallest absolute Gasteiger partial charge is 0.253 e. The first kappa shape index (κ1) is 24.7. The van der Waals surface area contributed by atoms with Gasteiger partial charge in [-0.3, -0.25) is 14.4 Å². The van der Waals surface area contributed by atoms with Gasteiger partial charge < -0.3 is 25.0 Å². The Labute approximate surface area is 184 Å². The topological polar surface area (TPSA) is 97.0 Å². The summed E-state index contributed by atoms with van der Waals surface area (Å²) in [6.07, 6.45) is 1.65. The normalized spacial score (nSPS) is 15.5. The number of hydrogen-bond donors (Lipinski definition) is 2. The van der Waals surface area contributed by atoms with Gasteiger partial charge in [0.25, 0.3) is 5.91 Å². The number of carbonyl (C=O) groups excluding carboxylic acids is 3. The monoisotopic (exact) mass is 433 g/mol. The first-order chi connectivity index (χ1) is 14.8. The Hall–Kier alpha value is -2.61. The molecule has 2 rings (SSSR count). The van der Waals surface area contributed by atoms with Gasteiger partial charge in [0.2, 0.25) is 11.8 Å². The highest BCUT2D eigenvalue weighted by Crippen LogP contribution is 2.24. The highest BCUT2D eigenvalue weighted by atomic mass is 16.5. The van der Waals surface area contributed by atoms with Gasteiger partial charge in [0.05, 0.1) is 13.7 Å².